The fraction of sp³-hybridized carbons (Fsp3) is 0.800. The third-order valence-corrected chi connectivity index (χ3v) is 2.14. The number of nitriles is 1. The molecule has 0 aromatic carbocycles. The lowest BCUT2D eigenvalue weighted by molar-refractivity contribution is -0.151. The fourth-order valence-corrected chi connectivity index (χ4v) is 0.738. The first-order chi connectivity index (χ1) is 6.10. The van der Waals surface area contributed by atoms with Crippen LogP contribution in [0.5, 0.6) is 0 Å². The van der Waals surface area contributed by atoms with Crippen molar-refractivity contribution in [2.45, 2.75) is 40.0 Å². The number of hydrogen-bond donors (Lipinski definition) is 0. The Morgan fingerprint density at radius 2 is 2.15 bits per heavy atom. The molecule has 0 aliphatic rings. The van der Waals surface area contributed by atoms with Crippen LogP contribution >= 0.6 is 0 Å². The summed E-state index contributed by atoms with van der Waals surface area (Å²) in [4.78, 5) is 11.4. The predicted molar refractivity (Wildman–Crippen MR) is 49.9 cm³/mol. The van der Waals surface area contributed by atoms with E-state index in [2.05, 4.69) is 0 Å². The molecule has 0 radical (unpaired) electrons. The van der Waals surface area contributed by atoms with Crippen LogP contribution in [0.3, 0.4) is 0 Å². The maximum atomic E-state index is 11.4. The van der Waals surface area contributed by atoms with Crippen molar-refractivity contribution in [3.8, 4) is 6.07 Å². The molecule has 1 atom stereocenters. The second-order valence-corrected chi connectivity index (χ2v) is 3.29. The molecule has 0 heterocycles. The van der Waals surface area contributed by atoms with Crippen molar-refractivity contribution in [3.05, 3.63) is 0 Å². The van der Waals surface area contributed by atoms with E-state index in [-0.39, 0.29) is 0 Å². The van der Waals surface area contributed by atoms with Gasteiger partial charge in [0.2, 0.25) is 0 Å². The normalized spacial score (nSPS) is 14.3. The van der Waals surface area contributed by atoms with Gasteiger partial charge in [-0.1, -0.05) is 20.3 Å². The number of ether oxygens (including phenoxy) is 1. The van der Waals surface area contributed by atoms with E-state index in [1.165, 1.54) is 0 Å². The first-order valence-electron chi connectivity index (χ1n) is 4.69. The average Bonchev–Trinajstić information content (AvgIpc) is 2.17. The molecular weight excluding hydrogens is 166 g/mol. The van der Waals surface area contributed by atoms with Gasteiger partial charge in [-0.25, -0.2) is 0 Å². The number of nitrogens with zero attached hydrogens (tertiary/aromatic N) is 1. The lowest BCUT2D eigenvalue weighted by atomic mass is 9.90. The molecule has 0 unspecified atom stereocenters. The molecule has 0 amide bonds. The number of esters is 1. The lowest BCUT2D eigenvalue weighted by Gasteiger charge is -2.17. The number of unbranched alkanes of at least 4 members (excludes halogenated alkanes) is 1. The summed E-state index contributed by atoms with van der Waals surface area (Å²) in [5.74, 6) is -0.397. The van der Waals surface area contributed by atoms with Gasteiger partial charge in [-0.3, -0.25) is 4.79 Å². The number of carbonyl (C=O) groups excluding carboxylic acids is 1. The molecule has 3 nitrogen and oxygen atoms in total. The minimum atomic E-state index is -0.965. The highest BCUT2D eigenvalue weighted by atomic mass is 16.5. The lowest BCUT2D eigenvalue weighted by Crippen LogP contribution is -2.27. The zero-order valence-electron chi connectivity index (χ0n) is 8.59. The Morgan fingerprint density at radius 3 is 2.54 bits per heavy atom. The second-order valence-electron chi connectivity index (χ2n) is 3.29. The Kier molecular flexibility index (Phi) is 5.13. The van der Waals surface area contributed by atoms with Crippen LogP contribution in [0, 0.1) is 16.7 Å². The molecule has 0 N–H and O–H groups in total. The summed E-state index contributed by atoms with van der Waals surface area (Å²) in [5.41, 5.74) is -0.965. The van der Waals surface area contributed by atoms with Crippen molar-refractivity contribution >= 4 is 5.97 Å². The van der Waals surface area contributed by atoms with Crippen molar-refractivity contribution in [2.75, 3.05) is 6.61 Å². The van der Waals surface area contributed by atoms with Crippen molar-refractivity contribution in [2.24, 2.45) is 5.41 Å². The van der Waals surface area contributed by atoms with Crippen LogP contribution < -0.4 is 0 Å². The molecule has 0 rings (SSSR count). The molecule has 13 heavy (non-hydrogen) atoms. The minimum Gasteiger partial charge on any atom is -0.465 e. The van der Waals surface area contributed by atoms with Crippen LogP contribution in [0.2, 0.25) is 0 Å². The number of carbonyl (C=O) groups is 1. The van der Waals surface area contributed by atoms with Crippen LogP contribution in [0.4, 0.5) is 0 Å². The third kappa shape index (κ3) is 3.45. The summed E-state index contributed by atoms with van der Waals surface area (Å²) in [6.07, 6.45) is 2.34. The Morgan fingerprint density at radius 1 is 1.54 bits per heavy atom. The molecule has 0 aromatic heterocycles. The molecule has 0 fully saturated rings. The van der Waals surface area contributed by atoms with Gasteiger partial charge in [0.25, 0.3) is 0 Å². The summed E-state index contributed by atoms with van der Waals surface area (Å²) in [6.45, 7) is 5.87. The van der Waals surface area contributed by atoms with E-state index in [4.69, 9.17) is 10.00 Å². The van der Waals surface area contributed by atoms with Gasteiger partial charge in [-0.2, -0.15) is 5.26 Å². The van der Waals surface area contributed by atoms with Crippen LogP contribution in [-0.2, 0) is 9.53 Å². The Balaban J connectivity index is 4.02. The van der Waals surface area contributed by atoms with Crippen LogP contribution in [-0.4, -0.2) is 12.6 Å². The minimum absolute atomic E-state index is 0.397. The highest BCUT2D eigenvalue weighted by Crippen LogP contribution is 2.21. The van der Waals surface area contributed by atoms with Gasteiger partial charge in [-0.15, -0.1) is 0 Å². The summed E-state index contributed by atoms with van der Waals surface area (Å²) in [5, 5.41) is 8.76. The van der Waals surface area contributed by atoms with Gasteiger partial charge in [0, 0.05) is 0 Å². The van der Waals surface area contributed by atoms with Crippen LogP contribution in [0.1, 0.15) is 40.0 Å². The van der Waals surface area contributed by atoms with Gasteiger partial charge in [0.1, 0.15) is 0 Å². The SMILES string of the molecule is CCCCOC(=O)[C@@](C)(C#N)CC. The van der Waals surface area contributed by atoms with Gasteiger partial charge in [-0.05, 0) is 19.8 Å². The van der Waals surface area contributed by atoms with Crippen LogP contribution in [0.25, 0.3) is 0 Å². The zero-order chi connectivity index (χ0) is 10.3. The summed E-state index contributed by atoms with van der Waals surface area (Å²) >= 11 is 0. The molecular formula is C10H17NO2. The van der Waals surface area contributed by atoms with Gasteiger partial charge in [0.15, 0.2) is 5.41 Å². The molecule has 0 aromatic rings. The second kappa shape index (κ2) is 5.58. The maximum absolute atomic E-state index is 11.4. The monoisotopic (exact) mass is 183 g/mol. The number of hydrogen-bond acceptors (Lipinski definition) is 3. The molecule has 0 spiro atoms. The number of rotatable bonds is 5. The highest BCUT2D eigenvalue weighted by Gasteiger charge is 2.32. The van der Waals surface area contributed by atoms with E-state index in [0.717, 1.165) is 12.8 Å². The largest absolute Gasteiger partial charge is 0.465 e. The molecule has 0 saturated heterocycles. The van der Waals surface area contributed by atoms with Crippen molar-refractivity contribution < 1.29 is 9.53 Å². The molecule has 0 bridgehead atoms. The third-order valence-electron chi connectivity index (χ3n) is 2.14. The summed E-state index contributed by atoms with van der Waals surface area (Å²) in [6, 6.07) is 1.98. The topological polar surface area (TPSA) is 50.1 Å². The van der Waals surface area contributed by atoms with Gasteiger partial charge < -0.3 is 4.74 Å². The fourth-order valence-electron chi connectivity index (χ4n) is 0.738. The molecule has 0 saturated carbocycles. The van der Waals surface area contributed by atoms with E-state index in [9.17, 15) is 4.79 Å². The van der Waals surface area contributed by atoms with Crippen molar-refractivity contribution in [1.29, 1.82) is 5.26 Å². The summed E-state index contributed by atoms with van der Waals surface area (Å²) < 4.78 is 4.97. The van der Waals surface area contributed by atoms with Crippen molar-refractivity contribution in [3.63, 3.8) is 0 Å². The zero-order valence-corrected chi connectivity index (χ0v) is 8.59. The Bertz CT molecular complexity index is 207. The van der Waals surface area contributed by atoms with E-state index in [0.29, 0.717) is 13.0 Å². The van der Waals surface area contributed by atoms with Crippen molar-refractivity contribution in [1.82, 2.24) is 0 Å². The average molecular weight is 183 g/mol. The predicted octanol–water partition coefficient (Wildman–Crippen LogP) is 2.27. The van der Waals surface area contributed by atoms with E-state index >= 15 is 0 Å². The molecule has 3 heteroatoms. The smallest absolute Gasteiger partial charge is 0.326 e. The van der Waals surface area contributed by atoms with Crippen LogP contribution in [0.15, 0.2) is 0 Å². The van der Waals surface area contributed by atoms with E-state index < -0.39 is 11.4 Å². The Labute approximate surface area is 79.7 Å². The van der Waals surface area contributed by atoms with Gasteiger partial charge in [0.05, 0.1) is 12.7 Å². The standard InChI is InChI=1S/C10H17NO2/c1-4-6-7-13-9(12)10(3,5-2)8-11/h4-7H2,1-3H3/t10-/m1/s1. The summed E-state index contributed by atoms with van der Waals surface area (Å²) in [7, 11) is 0. The van der Waals surface area contributed by atoms with Gasteiger partial charge >= 0.3 is 5.97 Å². The van der Waals surface area contributed by atoms with E-state index in [1.807, 2.05) is 19.9 Å². The first kappa shape index (κ1) is 12.0. The van der Waals surface area contributed by atoms with E-state index in [1.54, 1.807) is 6.92 Å². The Hall–Kier alpha value is -1.04. The highest BCUT2D eigenvalue weighted by molar-refractivity contribution is 5.79. The molecule has 0 aliphatic carbocycles. The maximum Gasteiger partial charge on any atom is 0.326 e. The molecule has 74 valence electrons. The first-order valence-corrected chi connectivity index (χ1v) is 4.69. The molecule has 0 aliphatic heterocycles. The quantitative estimate of drug-likeness (QED) is 0.485.